The second kappa shape index (κ2) is 5.41. The van der Waals surface area contributed by atoms with Crippen LogP contribution >= 0.6 is 0 Å². The van der Waals surface area contributed by atoms with Crippen molar-refractivity contribution in [3.63, 3.8) is 0 Å². The van der Waals surface area contributed by atoms with Gasteiger partial charge in [0.25, 0.3) is 0 Å². The number of ether oxygens (including phenoxy) is 1. The second-order valence-corrected chi connectivity index (χ2v) is 3.61. The van der Waals surface area contributed by atoms with Gasteiger partial charge in [0.1, 0.15) is 18.2 Å². The maximum Gasteiger partial charge on any atom is 0.138 e. The lowest BCUT2D eigenvalue weighted by molar-refractivity contribution is 0.304. The molecular weight excluding hydrogens is 219 g/mol. The molecule has 0 atom stereocenters. The fraction of sp³-hybridized carbons (Fsp3) is 0.154. The zero-order valence-electron chi connectivity index (χ0n) is 9.27. The first-order chi connectivity index (χ1) is 8.28. The summed E-state index contributed by atoms with van der Waals surface area (Å²) in [6, 6.07) is 9.92. The summed E-state index contributed by atoms with van der Waals surface area (Å²) in [5.74, 6) is 0.383. The van der Waals surface area contributed by atoms with Crippen LogP contribution in [0, 0.1) is 5.82 Å². The highest BCUT2D eigenvalue weighted by molar-refractivity contribution is 5.21. The highest BCUT2D eigenvalue weighted by Gasteiger charge is 1.98. The Bertz CT molecular complexity index is 485. The van der Waals surface area contributed by atoms with Crippen molar-refractivity contribution < 1.29 is 9.13 Å². The molecule has 0 bridgehead atoms. The van der Waals surface area contributed by atoms with Gasteiger partial charge in [-0.1, -0.05) is 12.1 Å². The molecule has 0 fully saturated rings. The van der Waals surface area contributed by atoms with E-state index in [1.54, 1.807) is 24.4 Å². The van der Waals surface area contributed by atoms with Gasteiger partial charge in [0.05, 0.1) is 11.9 Å². The van der Waals surface area contributed by atoms with E-state index in [1.807, 2.05) is 6.07 Å². The van der Waals surface area contributed by atoms with E-state index >= 15 is 0 Å². The zero-order valence-corrected chi connectivity index (χ0v) is 9.27. The van der Waals surface area contributed by atoms with E-state index in [1.165, 1.54) is 12.1 Å². The Kier molecular flexibility index (Phi) is 3.67. The molecule has 0 aliphatic heterocycles. The van der Waals surface area contributed by atoms with Gasteiger partial charge in [0.2, 0.25) is 0 Å². The molecule has 0 radical (unpaired) electrons. The van der Waals surface area contributed by atoms with Gasteiger partial charge >= 0.3 is 0 Å². The van der Waals surface area contributed by atoms with Gasteiger partial charge in [-0.3, -0.25) is 4.98 Å². The van der Waals surface area contributed by atoms with Crippen molar-refractivity contribution in [3.05, 3.63) is 59.7 Å². The Balaban J connectivity index is 1.97. The number of hydrogen-bond donors (Lipinski definition) is 1. The zero-order chi connectivity index (χ0) is 12.1. The van der Waals surface area contributed by atoms with E-state index in [9.17, 15) is 4.39 Å². The van der Waals surface area contributed by atoms with Crippen molar-refractivity contribution in [2.24, 2.45) is 5.73 Å². The Morgan fingerprint density at radius 3 is 2.76 bits per heavy atom. The molecule has 0 aliphatic rings. The molecule has 1 aromatic carbocycles. The lowest BCUT2D eigenvalue weighted by Gasteiger charge is -2.06. The summed E-state index contributed by atoms with van der Waals surface area (Å²) in [6.45, 7) is 0.728. The maximum atomic E-state index is 12.9. The number of pyridine rings is 1. The average molecular weight is 232 g/mol. The molecule has 0 saturated heterocycles. The molecule has 0 spiro atoms. The summed E-state index contributed by atoms with van der Waals surface area (Å²) >= 11 is 0. The maximum absolute atomic E-state index is 12.9. The average Bonchev–Trinajstić information content (AvgIpc) is 2.37. The van der Waals surface area contributed by atoms with Crippen molar-refractivity contribution in [1.29, 1.82) is 0 Å². The first-order valence-electron chi connectivity index (χ1n) is 5.30. The van der Waals surface area contributed by atoms with Crippen LogP contribution in [0.1, 0.15) is 11.3 Å². The number of nitrogens with two attached hydrogens (primary N) is 1. The summed E-state index contributed by atoms with van der Waals surface area (Å²) in [7, 11) is 0. The minimum atomic E-state index is -0.261. The molecule has 0 amide bonds. The molecule has 1 heterocycles. The summed E-state index contributed by atoms with van der Waals surface area (Å²) in [5.41, 5.74) is 7.03. The number of benzene rings is 1. The molecule has 0 saturated carbocycles. The number of hydrogen-bond acceptors (Lipinski definition) is 3. The quantitative estimate of drug-likeness (QED) is 0.879. The molecule has 0 aliphatic carbocycles. The van der Waals surface area contributed by atoms with Crippen molar-refractivity contribution >= 4 is 0 Å². The van der Waals surface area contributed by atoms with Gasteiger partial charge in [0, 0.05) is 6.54 Å². The largest absolute Gasteiger partial charge is 0.487 e. The van der Waals surface area contributed by atoms with E-state index in [0.29, 0.717) is 18.9 Å². The third-order valence-corrected chi connectivity index (χ3v) is 2.30. The van der Waals surface area contributed by atoms with Crippen LogP contribution in [0.4, 0.5) is 4.39 Å². The molecule has 3 nitrogen and oxygen atoms in total. The van der Waals surface area contributed by atoms with Crippen molar-refractivity contribution in [3.8, 4) is 5.75 Å². The topological polar surface area (TPSA) is 48.1 Å². The predicted octanol–water partition coefficient (Wildman–Crippen LogP) is 2.26. The van der Waals surface area contributed by atoms with Crippen LogP contribution < -0.4 is 10.5 Å². The molecule has 2 rings (SSSR count). The Labute approximate surface area is 99.1 Å². The third-order valence-electron chi connectivity index (χ3n) is 2.30. The van der Waals surface area contributed by atoms with Gasteiger partial charge < -0.3 is 10.5 Å². The van der Waals surface area contributed by atoms with Crippen molar-refractivity contribution in [2.45, 2.75) is 13.2 Å². The van der Waals surface area contributed by atoms with Gasteiger partial charge in [0.15, 0.2) is 0 Å². The monoisotopic (exact) mass is 232 g/mol. The van der Waals surface area contributed by atoms with Gasteiger partial charge in [-0.15, -0.1) is 0 Å². The fourth-order valence-corrected chi connectivity index (χ4v) is 1.41. The van der Waals surface area contributed by atoms with Crippen LogP contribution in [0.25, 0.3) is 0 Å². The van der Waals surface area contributed by atoms with Gasteiger partial charge in [-0.05, 0) is 29.8 Å². The Hall–Kier alpha value is -1.94. The van der Waals surface area contributed by atoms with E-state index in [-0.39, 0.29) is 5.82 Å². The molecule has 1 aromatic heterocycles. The lowest BCUT2D eigenvalue weighted by atomic mass is 10.2. The Morgan fingerprint density at radius 1 is 1.24 bits per heavy atom. The van der Waals surface area contributed by atoms with Crippen LogP contribution in [-0.2, 0) is 13.2 Å². The Morgan fingerprint density at radius 2 is 2.12 bits per heavy atom. The van der Waals surface area contributed by atoms with E-state index in [2.05, 4.69) is 4.98 Å². The number of rotatable bonds is 4. The van der Waals surface area contributed by atoms with E-state index < -0.39 is 0 Å². The molecular formula is C13H13FN2O. The summed E-state index contributed by atoms with van der Waals surface area (Å²) in [5, 5.41) is 0. The molecule has 0 unspecified atom stereocenters. The van der Waals surface area contributed by atoms with Gasteiger partial charge in [-0.2, -0.15) is 0 Å². The van der Waals surface area contributed by atoms with Crippen LogP contribution in [0.15, 0.2) is 42.6 Å². The van der Waals surface area contributed by atoms with E-state index in [4.69, 9.17) is 10.5 Å². The normalized spacial score (nSPS) is 10.2. The number of aromatic nitrogens is 1. The van der Waals surface area contributed by atoms with Crippen LogP contribution in [0.3, 0.4) is 0 Å². The lowest BCUT2D eigenvalue weighted by Crippen LogP contribution is -2.00. The van der Waals surface area contributed by atoms with Crippen LogP contribution in [0.2, 0.25) is 0 Å². The first-order valence-corrected chi connectivity index (χ1v) is 5.30. The molecule has 17 heavy (non-hydrogen) atoms. The molecule has 88 valence electrons. The standard InChI is InChI=1S/C13H13FN2O/c14-11-3-1-2-10(6-11)9-17-13-5-4-12(7-15)16-8-13/h1-6,8H,7,9,15H2. The van der Waals surface area contributed by atoms with Gasteiger partial charge in [-0.25, -0.2) is 4.39 Å². The highest BCUT2D eigenvalue weighted by atomic mass is 19.1. The van der Waals surface area contributed by atoms with Crippen LogP contribution in [-0.4, -0.2) is 4.98 Å². The predicted molar refractivity (Wildman–Crippen MR) is 62.9 cm³/mol. The molecule has 2 aromatic rings. The highest BCUT2D eigenvalue weighted by Crippen LogP contribution is 2.12. The van der Waals surface area contributed by atoms with Crippen LogP contribution in [0.5, 0.6) is 5.75 Å². The fourth-order valence-electron chi connectivity index (χ4n) is 1.41. The van der Waals surface area contributed by atoms with Crippen molar-refractivity contribution in [1.82, 2.24) is 4.98 Å². The minimum absolute atomic E-state index is 0.261. The third kappa shape index (κ3) is 3.26. The molecule has 4 heteroatoms. The first kappa shape index (κ1) is 11.5. The minimum Gasteiger partial charge on any atom is -0.487 e. The van der Waals surface area contributed by atoms with Crippen molar-refractivity contribution in [2.75, 3.05) is 0 Å². The second-order valence-electron chi connectivity index (χ2n) is 3.61. The summed E-state index contributed by atoms with van der Waals surface area (Å²) < 4.78 is 18.4. The number of nitrogens with zero attached hydrogens (tertiary/aromatic N) is 1. The number of halogens is 1. The molecule has 2 N–H and O–H groups in total. The summed E-state index contributed by atoms with van der Waals surface area (Å²) in [4.78, 5) is 4.10. The summed E-state index contributed by atoms with van der Waals surface area (Å²) in [6.07, 6.45) is 1.61. The van der Waals surface area contributed by atoms with E-state index in [0.717, 1.165) is 11.3 Å². The smallest absolute Gasteiger partial charge is 0.138 e. The SMILES string of the molecule is NCc1ccc(OCc2cccc(F)c2)cn1.